The number of nitrogens with one attached hydrogen (secondary N) is 1. The smallest absolute Gasteiger partial charge is 0.407 e. The van der Waals surface area contributed by atoms with E-state index in [4.69, 9.17) is 10.5 Å². The van der Waals surface area contributed by atoms with Crippen molar-refractivity contribution in [3.05, 3.63) is 70.3 Å². The highest BCUT2D eigenvalue weighted by Gasteiger charge is 2.34. The van der Waals surface area contributed by atoms with Gasteiger partial charge < -0.3 is 20.9 Å². The number of halogens is 1. The molecule has 1 saturated heterocycles. The lowest BCUT2D eigenvalue weighted by molar-refractivity contribution is -0.127. The number of carboxylic acid groups (broad SMARTS) is 1. The zero-order valence-electron chi connectivity index (χ0n) is 20.0. The molecule has 8 nitrogen and oxygen atoms in total. The number of hydrogen-bond donors (Lipinski definition) is 3. The van der Waals surface area contributed by atoms with Crippen molar-refractivity contribution >= 4 is 38.8 Å². The number of carbonyl (C=O) groups excluding carboxylic acids is 1. The molecule has 0 saturated carbocycles. The highest BCUT2D eigenvalue weighted by molar-refractivity contribution is 9.10. The number of carbonyl (C=O) groups is 2. The van der Waals surface area contributed by atoms with E-state index in [9.17, 15) is 14.7 Å². The Balaban J connectivity index is 1.38. The zero-order valence-corrected chi connectivity index (χ0v) is 21.6. The van der Waals surface area contributed by atoms with Crippen LogP contribution in [0, 0.1) is 0 Å². The average Bonchev–Trinajstić information content (AvgIpc) is 2.88. The number of benzene rings is 2. The Bertz CT molecular complexity index is 1210. The Morgan fingerprint density at radius 3 is 2.78 bits per heavy atom. The number of hydrogen-bond acceptors (Lipinski definition) is 5. The Morgan fingerprint density at radius 1 is 1.19 bits per heavy atom. The van der Waals surface area contributed by atoms with E-state index in [0.29, 0.717) is 26.0 Å². The number of rotatable bonds is 9. The van der Waals surface area contributed by atoms with E-state index in [0.717, 1.165) is 51.5 Å². The van der Waals surface area contributed by atoms with Gasteiger partial charge in [-0.05, 0) is 71.8 Å². The highest BCUT2D eigenvalue weighted by Crippen LogP contribution is 2.31. The van der Waals surface area contributed by atoms with Crippen molar-refractivity contribution in [2.75, 3.05) is 13.1 Å². The molecule has 2 atom stereocenters. The molecule has 4 rings (SSSR count). The van der Waals surface area contributed by atoms with Crippen molar-refractivity contribution in [1.29, 1.82) is 0 Å². The Morgan fingerprint density at radius 2 is 2.00 bits per heavy atom. The first kappa shape index (κ1) is 25.9. The van der Waals surface area contributed by atoms with Gasteiger partial charge in [0.2, 0.25) is 5.91 Å². The lowest BCUT2D eigenvalue weighted by atomic mass is 9.97. The van der Waals surface area contributed by atoms with Crippen LogP contribution < -0.4 is 15.8 Å². The van der Waals surface area contributed by atoms with E-state index < -0.39 is 12.1 Å². The SMILES string of the molecule is N[C@H]1CCN(C(=O)O)[C@H](C(=O)NCCCCc2c(OCc3ccccc3)ccc3ncc(Br)cc23)C1. The summed E-state index contributed by atoms with van der Waals surface area (Å²) >= 11 is 3.53. The summed E-state index contributed by atoms with van der Waals surface area (Å²) < 4.78 is 7.10. The van der Waals surface area contributed by atoms with Crippen LogP contribution in [0.2, 0.25) is 0 Å². The lowest BCUT2D eigenvalue weighted by Gasteiger charge is -2.35. The molecular formula is C27H31BrN4O4. The first-order chi connectivity index (χ1) is 17.4. The van der Waals surface area contributed by atoms with Crippen molar-refractivity contribution in [3.8, 4) is 5.75 Å². The fourth-order valence-electron chi connectivity index (χ4n) is 4.57. The minimum Gasteiger partial charge on any atom is -0.489 e. The molecule has 0 bridgehead atoms. The van der Waals surface area contributed by atoms with Gasteiger partial charge in [0.05, 0.1) is 5.52 Å². The van der Waals surface area contributed by atoms with Crippen LogP contribution in [-0.2, 0) is 17.8 Å². The monoisotopic (exact) mass is 554 g/mol. The van der Waals surface area contributed by atoms with E-state index in [1.54, 1.807) is 6.20 Å². The number of ether oxygens (including phenoxy) is 1. The van der Waals surface area contributed by atoms with Crippen molar-refractivity contribution in [3.63, 3.8) is 0 Å². The molecule has 3 aromatic rings. The van der Waals surface area contributed by atoms with Gasteiger partial charge in [-0.15, -0.1) is 0 Å². The molecule has 1 aliphatic rings. The summed E-state index contributed by atoms with van der Waals surface area (Å²) in [6, 6.07) is 15.1. The number of piperidine rings is 1. The number of nitrogens with two attached hydrogens (primary N) is 1. The molecule has 1 fully saturated rings. The maximum atomic E-state index is 12.7. The van der Waals surface area contributed by atoms with Crippen LogP contribution >= 0.6 is 15.9 Å². The minimum atomic E-state index is -1.08. The van der Waals surface area contributed by atoms with Gasteiger partial charge in [0.25, 0.3) is 0 Å². The van der Waals surface area contributed by atoms with Crippen LogP contribution in [0.5, 0.6) is 5.75 Å². The summed E-state index contributed by atoms with van der Waals surface area (Å²) in [6.45, 7) is 1.22. The molecular weight excluding hydrogens is 524 g/mol. The first-order valence-corrected chi connectivity index (χ1v) is 13.0. The highest BCUT2D eigenvalue weighted by atomic mass is 79.9. The van der Waals surface area contributed by atoms with Gasteiger partial charge in [-0.25, -0.2) is 4.79 Å². The molecule has 2 heterocycles. The van der Waals surface area contributed by atoms with Gasteiger partial charge in [0.15, 0.2) is 0 Å². The van der Waals surface area contributed by atoms with Crippen LogP contribution in [-0.4, -0.2) is 52.2 Å². The van der Waals surface area contributed by atoms with Crippen LogP contribution in [0.25, 0.3) is 10.9 Å². The number of fused-ring (bicyclic) bond motifs is 1. The summed E-state index contributed by atoms with van der Waals surface area (Å²) in [6.07, 6.45) is 3.93. The van der Waals surface area contributed by atoms with E-state index in [1.807, 2.05) is 42.5 Å². The second-order valence-electron chi connectivity index (χ2n) is 9.06. The third kappa shape index (κ3) is 6.53. The Hall–Kier alpha value is -3.17. The number of nitrogens with zero attached hydrogens (tertiary/aromatic N) is 2. The van der Waals surface area contributed by atoms with Gasteiger partial charge in [-0.3, -0.25) is 14.7 Å². The maximum absolute atomic E-state index is 12.7. The molecule has 1 aliphatic heterocycles. The minimum absolute atomic E-state index is 0.162. The van der Waals surface area contributed by atoms with Gasteiger partial charge in [0.1, 0.15) is 18.4 Å². The molecule has 0 spiro atoms. The predicted octanol–water partition coefficient (Wildman–Crippen LogP) is 4.48. The molecule has 2 amide bonds. The number of amides is 2. The summed E-state index contributed by atoms with van der Waals surface area (Å²) in [5.74, 6) is 0.543. The second-order valence-corrected chi connectivity index (χ2v) is 9.98. The van der Waals surface area contributed by atoms with Crippen LogP contribution in [0.1, 0.15) is 36.8 Å². The number of unbranched alkanes of at least 4 members (excludes halogenated alkanes) is 1. The lowest BCUT2D eigenvalue weighted by Crippen LogP contribution is -2.55. The number of likely N-dealkylation sites (tertiary alicyclic amines) is 1. The van der Waals surface area contributed by atoms with Crippen LogP contribution in [0.3, 0.4) is 0 Å². The van der Waals surface area contributed by atoms with Gasteiger partial charge >= 0.3 is 6.09 Å². The van der Waals surface area contributed by atoms with Crippen molar-refractivity contribution in [1.82, 2.24) is 15.2 Å². The molecule has 4 N–H and O–H groups in total. The maximum Gasteiger partial charge on any atom is 0.407 e. The number of pyridine rings is 1. The second kappa shape index (κ2) is 12.2. The fourth-order valence-corrected chi connectivity index (χ4v) is 4.90. The largest absolute Gasteiger partial charge is 0.489 e. The molecule has 0 radical (unpaired) electrons. The first-order valence-electron chi connectivity index (χ1n) is 12.2. The van der Waals surface area contributed by atoms with Gasteiger partial charge in [-0.2, -0.15) is 0 Å². The van der Waals surface area contributed by atoms with E-state index in [-0.39, 0.29) is 18.5 Å². The van der Waals surface area contributed by atoms with E-state index in [1.165, 1.54) is 4.90 Å². The summed E-state index contributed by atoms with van der Waals surface area (Å²) in [5, 5.41) is 13.3. The molecule has 1 aromatic heterocycles. The summed E-state index contributed by atoms with van der Waals surface area (Å²) in [7, 11) is 0. The third-order valence-electron chi connectivity index (χ3n) is 6.48. The van der Waals surface area contributed by atoms with Crippen LogP contribution in [0.15, 0.2) is 59.2 Å². The predicted molar refractivity (Wildman–Crippen MR) is 142 cm³/mol. The average molecular weight is 555 g/mol. The van der Waals surface area contributed by atoms with Crippen LogP contribution in [0.4, 0.5) is 4.79 Å². The summed E-state index contributed by atoms with van der Waals surface area (Å²) in [5.41, 5.74) is 9.05. The van der Waals surface area contributed by atoms with Gasteiger partial charge in [-0.1, -0.05) is 30.3 Å². The quantitative estimate of drug-likeness (QED) is 0.335. The molecule has 9 heteroatoms. The van der Waals surface area contributed by atoms with E-state index in [2.05, 4.69) is 32.3 Å². The number of aryl methyl sites for hydroxylation is 1. The third-order valence-corrected chi connectivity index (χ3v) is 6.92. The van der Waals surface area contributed by atoms with Gasteiger partial charge in [0, 0.05) is 40.8 Å². The van der Waals surface area contributed by atoms with Crippen molar-refractivity contribution in [2.45, 2.75) is 50.8 Å². The van der Waals surface area contributed by atoms with Crippen molar-refractivity contribution < 1.29 is 19.4 Å². The Kier molecular flexibility index (Phi) is 8.77. The molecule has 0 unspecified atom stereocenters. The summed E-state index contributed by atoms with van der Waals surface area (Å²) in [4.78, 5) is 29.9. The molecule has 2 aromatic carbocycles. The van der Waals surface area contributed by atoms with Crippen molar-refractivity contribution in [2.24, 2.45) is 5.73 Å². The normalized spacial score (nSPS) is 17.7. The number of aromatic nitrogens is 1. The topological polar surface area (TPSA) is 118 Å². The van der Waals surface area contributed by atoms with E-state index >= 15 is 0 Å². The molecule has 190 valence electrons. The fraction of sp³-hybridized carbons (Fsp3) is 0.370. The molecule has 36 heavy (non-hydrogen) atoms. The Labute approximate surface area is 219 Å². The standard InChI is InChI=1S/C27H31BrN4O4/c28-19-14-22-21(25(10-9-23(22)31-16-19)36-17-18-6-2-1-3-7-18)8-4-5-12-30-26(33)24-15-20(29)11-13-32(24)27(34)35/h1-3,6-7,9-10,14,16,20,24H,4-5,8,11-13,15,17,29H2,(H,30,33)(H,34,35)/t20-,24-/m0/s1. The molecule has 0 aliphatic carbocycles. The zero-order chi connectivity index (χ0) is 25.5.